The lowest BCUT2D eigenvalue weighted by molar-refractivity contribution is -0.0589. The maximum atomic E-state index is 12.7. The number of benzene rings is 1. The van der Waals surface area contributed by atoms with Gasteiger partial charge in [0.25, 0.3) is 5.91 Å². The minimum Gasteiger partial charge on any atom is -0.393 e. The van der Waals surface area contributed by atoms with Crippen LogP contribution in [0.15, 0.2) is 24.3 Å². The van der Waals surface area contributed by atoms with Crippen LogP contribution in [0, 0.1) is 5.92 Å². The van der Waals surface area contributed by atoms with Crippen LogP contribution in [0.5, 0.6) is 0 Å². The first-order valence-electron chi connectivity index (χ1n) is 7.49. The van der Waals surface area contributed by atoms with Gasteiger partial charge in [-0.15, -0.1) is 0 Å². The molecule has 2 fully saturated rings. The number of hydrogen-bond acceptors (Lipinski definition) is 3. The standard InChI is InChI=1S/C16H20ClNO3/c17-12-5-3-11(4-6-12)16(20)18-8-1-2-14(18)13-10-21-9-7-15(13)19/h3-6,13-15,19H,1-2,7-10H2/t13-,14+,15-/m0/s1. The summed E-state index contributed by atoms with van der Waals surface area (Å²) in [5.41, 5.74) is 0.650. The quantitative estimate of drug-likeness (QED) is 0.912. The van der Waals surface area contributed by atoms with Crippen molar-refractivity contribution >= 4 is 17.5 Å². The third-order valence-corrected chi connectivity index (χ3v) is 4.76. The van der Waals surface area contributed by atoms with E-state index in [0.29, 0.717) is 30.2 Å². The molecule has 2 saturated heterocycles. The molecule has 1 amide bonds. The predicted molar refractivity (Wildman–Crippen MR) is 80.4 cm³/mol. The van der Waals surface area contributed by atoms with Crippen molar-refractivity contribution < 1.29 is 14.6 Å². The number of aliphatic hydroxyl groups is 1. The van der Waals surface area contributed by atoms with Gasteiger partial charge in [-0.1, -0.05) is 11.6 Å². The van der Waals surface area contributed by atoms with Crippen LogP contribution in [-0.2, 0) is 4.74 Å². The van der Waals surface area contributed by atoms with E-state index in [4.69, 9.17) is 16.3 Å². The lowest BCUT2D eigenvalue weighted by Gasteiger charge is -2.37. The fourth-order valence-electron chi connectivity index (χ4n) is 3.36. The first kappa shape index (κ1) is 14.8. The second-order valence-corrected chi connectivity index (χ2v) is 6.25. The van der Waals surface area contributed by atoms with Gasteiger partial charge in [-0.3, -0.25) is 4.79 Å². The zero-order chi connectivity index (χ0) is 14.8. The van der Waals surface area contributed by atoms with Gasteiger partial charge in [-0.05, 0) is 43.5 Å². The SMILES string of the molecule is O=C(c1ccc(Cl)cc1)N1CCC[C@@H]1[C@@H]1COCC[C@@H]1O. The highest BCUT2D eigenvalue weighted by molar-refractivity contribution is 6.30. The summed E-state index contributed by atoms with van der Waals surface area (Å²) in [7, 11) is 0. The molecule has 0 radical (unpaired) electrons. The molecule has 0 aromatic heterocycles. The smallest absolute Gasteiger partial charge is 0.254 e. The molecular formula is C16H20ClNO3. The van der Waals surface area contributed by atoms with Crippen LogP contribution < -0.4 is 0 Å². The summed E-state index contributed by atoms with van der Waals surface area (Å²) in [6, 6.07) is 7.06. The van der Waals surface area contributed by atoms with Crippen LogP contribution in [0.1, 0.15) is 29.6 Å². The van der Waals surface area contributed by atoms with E-state index in [2.05, 4.69) is 0 Å². The number of nitrogens with zero attached hydrogens (tertiary/aromatic N) is 1. The van der Waals surface area contributed by atoms with E-state index in [1.807, 2.05) is 4.90 Å². The number of hydrogen-bond donors (Lipinski definition) is 1. The number of carbonyl (C=O) groups excluding carboxylic acids is 1. The van der Waals surface area contributed by atoms with Crippen molar-refractivity contribution in [2.75, 3.05) is 19.8 Å². The van der Waals surface area contributed by atoms with Crippen molar-refractivity contribution in [3.63, 3.8) is 0 Å². The molecule has 21 heavy (non-hydrogen) atoms. The Labute approximate surface area is 129 Å². The average molecular weight is 310 g/mol. The molecular weight excluding hydrogens is 290 g/mol. The lowest BCUT2D eigenvalue weighted by Crippen LogP contribution is -2.48. The third kappa shape index (κ3) is 3.07. The highest BCUT2D eigenvalue weighted by atomic mass is 35.5. The van der Waals surface area contributed by atoms with Crippen molar-refractivity contribution in [2.24, 2.45) is 5.92 Å². The van der Waals surface area contributed by atoms with E-state index in [-0.39, 0.29) is 24.0 Å². The Hall–Kier alpha value is -1.10. The molecule has 0 unspecified atom stereocenters. The van der Waals surface area contributed by atoms with Gasteiger partial charge in [0.15, 0.2) is 0 Å². The molecule has 1 aromatic rings. The average Bonchev–Trinajstić information content (AvgIpc) is 2.97. The molecule has 3 rings (SSSR count). The highest BCUT2D eigenvalue weighted by Crippen LogP contribution is 2.31. The first-order valence-corrected chi connectivity index (χ1v) is 7.87. The molecule has 3 atom stereocenters. The number of amides is 1. The lowest BCUT2D eigenvalue weighted by atomic mass is 9.89. The molecule has 0 saturated carbocycles. The number of likely N-dealkylation sites (tertiary alicyclic amines) is 1. The number of rotatable bonds is 2. The molecule has 0 aliphatic carbocycles. The Morgan fingerprint density at radius 1 is 1.29 bits per heavy atom. The Morgan fingerprint density at radius 2 is 2.05 bits per heavy atom. The van der Waals surface area contributed by atoms with Gasteiger partial charge in [0, 0.05) is 35.7 Å². The van der Waals surface area contributed by atoms with Crippen LogP contribution in [0.2, 0.25) is 5.02 Å². The monoisotopic (exact) mass is 309 g/mol. The molecule has 0 bridgehead atoms. The Morgan fingerprint density at radius 3 is 2.76 bits per heavy atom. The van der Waals surface area contributed by atoms with E-state index in [1.54, 1.807) is 24.3 Å². The zero-order valence-electron chi connectivity index (χ0n) is 11.9. The molecule has 0 spiro atoms. The van der Waals surface area contributed by atoms with Crippen LogP contribution >= 0.6 is 11.6 Å². The van der Waals surface area contributed by atoms with Gasteiger partial charge in [0.05, 0.1) is 12.7 Å². The van der Waals surface area contributed by atoms with Crippen LogP contribution in [-0.4, -0.2) is 47.8 Å². The summed E-state index contributed by atoms with van der Waals surface area (Å²) in [4.78, 5) is 14.6. The number of carbonyl (C=O) groups is 1. The number of ether oxygens (including phenoxy) is 1. The molecule has 114 valence electrons. The number of aliphatic hydroxyl groups excluding tert-OH is 1. The van der Waals surface area contributed by atoms with Crippen LogP contribution in [0.3, 0.4) is 0 Å². The van der Waals surface area contributed by atoms with Crippen molar-refractivity contribution in [3.8, 4) is 0 Å². The molecule has 2 heterocycles. The molecule has 5 heteroatoms. The molecule has 2 aliphatic heterocycles. The van der Waals surface area contributed by atoms with Crippen LogP contribution in [0.25, 0.3) is 0 Å². The van der Waals surface area contributed by atoms with Gasteiger partial charge in [0.2, 0.25) is 0 Å². The predicted octanol–water partition coefficient (Wildman–Crippen LogP) is 2.34. The van der Waals surface area contributed by atoms with Gasteiger partial charge >= 0.3 is 0 Å². The van der Waals surface area contributed by atoms with E-state index in [1.165, 1.54) is 0 Å². The summed E-state index contributed by atoms with van der Waals surface area (Å²) >= 11 is 5.87. The summed E-state index contributed by atoms with van der Waals surface area (Å²) < 4.78 is 5.50. The van der Waals surface area contributed by atoms with Crippen LogP contribution in [0.4, 0.5) is 0 Å². The third-order valence-electron chi connectivity index (χ3n) is 4.51. The van der Waals surface area contributed by atoms with E-state index in [0.717, 1.165) is 19.4 Å². The second-order valence-electron chi connectivity index (χ2n) is 5.81. The zero-order valence-corrected chi connectivity index (χ0v) is 12.6. The maximum Gasteiger partial charge on any atom is 0.254 e. The summed E-state index contributed by atoms with van der Waals surface area (Å²) in [5.74, 6) is 0.0458. The van der Waals surface area contributed by atoms with Gasteiger partial charge in [-0.2, -0.15) is 0 Å². The fraction of sp³-hybridized carbons (Fsp3) is 0.562. The first-order chi connectivity index (χ1) is 10.2. The highest BCUT2D eigenvalue weighted by Gasteiger charge is 2.39. The second kappa shape index (κ2) is 6.34. The molecule has 1 N–H and O–H groups in total. The Bertz CT molecular complexity index is 505. The summed E-state index contributed by atoms with van der Waals surface area (Å²) in [6.45, 7) is 1.89. The van der Waals surface area contributed by atoms with Crippen molar-refractivity contribution in [3.05, 3.63) is 34.9 Å². The van der Waals surface area contributed by atoms with E-state index < -0.39 is 0 Å². The van der Waals surface area contributed by atoms with Crippen molar-refractivity contribution in [1.82, 2.24) is 4.90 Å². The van der Waals surface area contributed by atoms with Gasteiger partial charge in [0.1, 0.15) is 0 Å². The summed E-state index contributed by atoms with van der Waals surface area (Å²) in [6.07, 6.45) is 2.20. The van der Waals surface area contributed by atoms with Crippen molar-refractivity contribution in [1.29, 1.82) is 0 Å². The number of halogens is 1. The Kier molecular flexibility index (Phi) is 4.48. The largest absolute Gasteiger partial charge is 0.393 e. The molecule has 4 nitrogen and oxygen atoms in total. The normalized spacial score (nSPS) is 29.6. The maximum absolute atomic E-state index is 12.7. The topological polar surface area (TPSA) is 49.8 Å². The molecule has 2 aliphatic rings. The molecule has 1 aromatic carbocycles. The van der Waals surface area contributed by atoms with Gasteiger partial charge < -0.3 is 14.7 Å². The van der Waals surface area contributed by atoms with Gasteiger partial charge in [-0.25, -0.2) is 0 Å². The fourth-order valence-corrected chi connectivity index (χ4v) is 3.49. The van der Waals surface area contributed by atoms with E-state index in [9.17, 15) is 9.90 Å². The minimum absolute atomic E-state index is 0.0203. The minimum atomic E-state index is -0.373. The Balaban J connectivity index is 1.76. The van der Waals surface area contributed by atoms with Crippen molar-refractivity contribution in [2.45, 2.75) is 31.4 Å². The summed E-state index contributed by atoms with van der Waals surface area (Å²) in [5, 5.41) is 10.8. The van der Waals surface area contributed by atoms with E-state index >= 15 is 0 Å².